The van der Waals surface area contributed by atoms with Crippen molar-refractivity contribution in [3.05, 3.63) is 16.6 Å². The number of aliphatic hydroxyl groups excluding tert-OH is 1. The van der Waals surface area contributed by atoms with Gasteiger partial charge in [-0.15, -0.1) is 21.5 Å². The molecule has 0 aliphatic heterocycles. The third kappa shape index (κ3) is 2.18. The van der Waals surface area contributed by atoms with Crippen LogP contribution in [0.15, 0.2) is 11.4 Å². The molecule has 4 nitrogen and oxygen atoms in total. The van der Waals surface area contributed by atoms with E-state index < -0.39 is 0 Å². The highest BCUT2D eigenvalue weighted by atomic mass is 35.5. The first kappa shape index (κ1) is 12.1. The van der Waals surface area contributed by atoms with Crippen LogP contribution >= 0.6 is 22.9 Å². The zero-order chi connectivity index (χ0) is 12.5. The summed E-state index contributed by atoms with van der Waals surface area (Å²) in [6.45, 7) is 0. The minimum Gasteiger partial charge on any atom is -0.391 e. The number of hydrogen-bond acceptors (Lipinski definition) is 5. The Bertz CT molecular complexity index is 559. The summed E-state index contributed by atoms with van der Waals surface area (Å²) in [6.07, 6.45) is 3.76. The molecule has 2 aromatic rings. The highest BCUT2D eigenvalue weighted by Crippen LogP contribution is 2.32. The van der Waals surface area contributed by atoms with Crippen LogP contribution in [-0.4, -0.2) is 27.4 Å². The van der Waals surface area contributed by atoms with Gasteiger partial charge in [0, 0.05) is 5.39 Å². The maximum absolute atomic E-state index is 9.97. The van der Waals surface area contributed by atoms with Crippen molar-refractivity contribution in [2.24, 2.45) is 0 Å². The van der Waals surface area contributed by atoms with E-state index in [0.29, 0.717) is 5.15 Å². The van der Waals surface area contributed by atoms with E-state index in [1.165, 1.54) is 0 Å². The highest BCUT2D eigenvalue weighted by molar-refractivity contribution is 7.17. The molecule has 1 saturated carbocycles. The Morgan fingerprint density at radius 3 is 3.00 bits per heavy atom. The van der Waals surface area contributed by atoms with Gasteiger partial charge >= 0.3 is 0 Å². The van der Waals surface area contributed by atoms with Crippen molar-refractivity contribution in [2.45, 2.75) is 37.8 Å². The fraction of sp³-hybridized carbons (Fsp3) is 0.500. The van der Waals surface area contributed by atoms with Crippen molar-refractivity contribution in [3.8, 4) is 0 Å². The maximum Gasteiger partial charge on any atom is 0.167 e. The van der Waals surface area contributed by atoms with E-state index >= 15 is 0 Å². The second kappa shape index (κ2) is 4.99. The summed E-state index contributed by atoms with van der Waals surface area (Å²) in [5, 5.41) is 24.7. The van der Waals surface area contributed by atoms with Crippen LogP contribution in [0.1, 0.15) is 25.7 Å². The molecule has 1 aliphatic rings. The van der Waals surface area contributed by atoms with Crippen molar-refractivity contribution in [1.82, 2.24) is 10.2 Å². The molecule has 0 amide bonds. The van der Waals surface area contributed by atoms with Gasteiger partial charge in [-0.05, 0) is 24.3 Å². The van der Waals surface area contributed by atoms with E-state index in [1.807, 2.05) is 11.4 Å². The Kier molecular flexibility index (Phi) is 3.37. The number of hydrogen-bond donors (Lipinski definition) is 2. The summed E-state index contributed by atoms with van der Waals surface area (Å²) < 4.78 is 1.01. The fourth-order valence-corrected chi connectivity index (χ4v) is 3.49. The van der Waals surface area contributed by atoms with Gasteiger partial charge in [-0.3, -0.25) is 0 Å². The number of aromatic nitrogens is 2. The third-order valence-electron chi connectivity index (χ3n) is 3.39. The molecule has 2 heterocycles. The quantitative estimate of drug-likeness (QED) is 0.889. The molecule has 2 atom stereocenters. The Hall–Kier alpha value is -0.910. The highest BCUT2D eigenvalue weighted by Gasteiger charge is 2.24. The second-order valence-corrected chi connectivity index (χ2v) is 5.88. The fourth-order valence-electron chi connectivity index (χ4n) is 2.40. The summed E-state index contributed by atoms with van der Waals surface area (Å²) in [6, 6.07) is 2.01. The molecule has 2 aromatic heterocycles. The number of thiophene rings is 1. The van der Waals surface area contributed by atoms with Crippen molar-refractivity contribution in [2.75, 3.05) is 5.32 Å². The van der Waals surface area contributed by atoms with Crippen LogP contribution in [0.4, 0.5) is 5.82 Å². The molecule has 0 saturated heterocycles. The van der Waals surface area contributed by atoms with Gasteiger partial charge in [-0.2, -0.15) is 0 Å². The zero-order valence-electron chi connectivity index (χ0n) is 9.77. The molecule has 6 heteroatoms. The summed E-state index contributed by atoms with van der Waals surface area (Å²) in [7, 11) is 0. The SMILES string of the molecule is O[C@@H]1CCCC[C@H]1Nc1nnc(Cl)c2ccsc12. The molecule has 0 aromatic carbocycles. The van der Waals surface area contributed by atoms with Gasteiger partial charge in [-0.1, -0.05) is 24.4 Å². The van der Waals surface area contributed by atoms with Crippen LogP contribution in [0.3, 0.4) is 0 Å². The lowest BCUT2D eigenvalue weighted by molar-refractivity contribution is 0.116. The molecule has 1 fully saturated rings. The smallest absolute Gasteiger partial charge is 0.167 e. The van der Waals surface area contributed by atoms with E-state index in [1.54, 1.807) is 11.3 Å². The lowest BCUT2D eigenvalue weighted by atomic mass is 9.92. The first-order valence-corrected chi connectivity index (χ1v) is 7.35. The second-order valence-electron chi connectivity index (χ2n) is 4.61. The normalized spacial score (nSPS) is 24.3. The molecule has 0 bridgehead atoms. The Morgan fingerprint density at radius 2 is 2.17 bits per heavy atom. The van der Waals surface area contributed by atoms with Crippen molar-refractivity contribution >= 4 is 38.8 Å². The lowest BCUT2D eigenvalue weighted by Gasteiger charge is -2.28. The maximum atomic E-state index is 9.97. The van der Waals surface area contributed by atoms with Crippen LogP contribution < -0.4 is 5.32 Å². The van der Waals surface area contributed by atoms with Gasteiger partial charge < -0.3 is 10.4 Å². The van der Waals surface area contributed by atoms with Gasteiger partial charge in [0.25, 0.3) is 0 Å². The Balaban J connectivity index is 1.90. The van der Waals surface area contributed by atoms with Crippen LogP contribution in [0.2, 0.25) is 5.15 Å². The number of nitrogens with one attached hydrogen (secondary N) is 1. The molecule has 96 valence electrons. The van der Waals surface area contributed by atoms with E-state index in [2.05, 4.69) is 15.5 Å². The Labute approximate surface area is 114 Å². The van der Waals surface area contributed by atoms with E-state index in [9.17, 15) is 5.11 Å². The molecule has 18 heavy (non-hydrogen) atoms. The molecular formula is C12H14ClN3OS. The monoisotopic (exact) mass is 283 g/mol. The number of halogens is 1. The molecule has 2 N–H and O–H groups in total. The van der Waals surface area contributed by atoms with Crippen molar-refractivity contribution in [3.63, 3.8) is 0 Å². The minimum atomic E-state index is -0.300. The number of aliphatic hydroxyl groups is 1. The molecule has 1 aliphatic carbocycles. The van der Waals surface area contributed by atoms with Crippen molar-refractivity contribution in [1.29, 1.82) is 0 Å². The number of fused-ring (bicyclic) bond motifs is 1. The molecular weight excluding hydrogens is 270 g/mol. The molecule has 3 rings (SSSR count). The van der Waals surface area contributed by atoms with Gasteiger partial charge in [0.2, 0.25) is 0 Å². The zero-order valence-corrected chi connectivity index (χ0v) is 11.3. The first-order valence-electron chi connectivity index (χ1n) is 6.09. The minimum absolute atomic E-state index is 0.0690. The molecule has 0 radical (unpaired) electrons. The summed E-state index contributed by atoms with van der Waals surface area (Å²) in [4.78, 5) is 0. The predicted octanol–water partition coefficient (Wildman–Crippen LogP) is 3.06. The standard InChI is InChI=1S/C12H14ClN3OS/c13-11-7-5-6-18-10(7)12(16-15-11)14-8-3-1-2-4-9(8)17/h5-6,8-9,17H,1-4H2,(H,14,16)/t8-,9-/m1/s1. The summed E-state index contributed by atoms with van der Waals surface area (Å²) in [5.74, 6) is 0.732. The average molecular weight is 284 g/mol. The predicted molar refractivity (Wildman–Crippen MR) is 74.3 cm³/mol. The van der Waals surface area contributed by atoms with Gasteiger partial charge in [0.15, 0.2) is 11.0 Å². The number of rotatable bonds is 2. The largest absolute Gasteiger partial charge is 0.391 e. The molecule has 0 spiro atoms. The van der Waals surface area contributed by atoms with Gasteiger partial charge in [0.1, 0.15) is 0 Å². The van der Waals surface area contributed by atoms with Crippen LogP contribution in [0, 0.1) is 0 Å². The van der Waals surface area contributed by atoms with E-state index in [0.717, 1.165) is 41.6 Å². The van der Waals surface area contributed by atoms with Crippen LogP contribution in [0.25, 0.3) is 10.1 Å². The van der Waals surface area contributed by atoms with E-state index in [4.69, 9.17) is 11.6 Å². The van der Waals surface area contributed by atoms with Crippen LogP contribution in [-0.2, 0) is 0 Å². The van der Waals surface area contributed by atoms with Gasteiger partial charge in [0.05, 0.1) is 16.8 Å². The average Bonchev–Trinajstić information content (AvgIpc) is 2.85. The molecule has 0 unspecified atom stereocenters. The van der Waals surface area contributed by atoms with Gasteiger partial charge in [-0.25, -0.2) is 0 Å². The first-order chi connectivity index (χ1) is 8.75. The topological polar surface area (TPSA) is 58.0 Å². The number of nitrogens with zero attached hydrogens (tertiary/aromatic N) is 2. The van der Waals surface area contributed by atoms with Crippen molar-refractivity contribution < 1.29 is 5.11 Å². The van der Waals surface area contributed by atoms with Crippen LogP contribution in [0.5, 0.6) is 0 Å². The summed E-state index contributed by atoms with van der Waals surface area (Å²) >= 11 is 7.58. The number of anilines is 1. The Morgan fingerprint density at radius 1 is 1.33 bits per heavy atom. The lowest BCUT2D eigenvalue weighted by Crippen LogP contribution is -2.36. The van der Waals surface area contributed by atoms with E-state index in [-0.39, 0.29) is 12.1 Å². The third-order valence-corrected chi connectivity index (χ3v) is 4.59. The summed E-state index contributed by atoms with van der Waals surface area (Å²) in [5.41, 5.74) is 0.